The molecule has 1 aliphatic heterocycles. The molecule has 1 aliphatic rings. The van der Waals surface area contributed by atoms with Gasteiger partial charge in [0.05, 0.1) is 19.8 Å². The number of sulfonamides is 1. The number of aromatic nitrogens is 1. The predicted octanol–water partition coefficient (Wildman–Crippen LogP) is 2.91. The Morgan fingerprint density at radius 1 is 1.16 bits per heavy atom. The quantitative estimate of drug-likeness (QED) is 0.632. The molecule has 1 fully saturated rings. The summed E-state index contributed by atoms with van der Waals surface area (Å²) in [6.07, 6.45) is 1.57. The van der Waals surface area contributed by atoms with Crippen LogP contribution in [0.25, 0.3) is 10.8 Å². The molecule has 0 atom stereocenters. The third kappa shape index (κ3) is 4.39. The number of amides is 1. The van der Waals surface area contributed by atoms with E-state index in [1.807, 2.05) is 30.3 Å². The van der Waals surface area contributed by atoms with Gasteiger partial charge in [-0.3, -0.25) is 9.78 Å². The topological polar surface area (TPSA) is 97.8 Å². The van der Waals surface area contributed by atoms with E-state index in [-0.39, 0.29) is 29.4 Å². The van der Waals surface area contributed by atoms with Crippen LogP contribution in [0.2, 0.25) is 0 Å². The van der Waals surface area contributed by atoms with Gasteiger partial charge in [-0.25, -0.2) is 8.42 Å². The van der Waals surface area contributed by atoms with E-state index in [9.17, 15) is 13.2 Å². The maximum absolute atomic E-state index is 13.2. The zero-order chi connectivity index (χ0) is 21.8. The van der Waals surface area contributed by atoms with Crippen LogP contribution in [0.1, 0.15) is 17.4 Å². The molecule has 2 heterocycles. The molecule has 0 unspecified atom stereocenters. The van der Waals surface area contributed by atoms with E-state index in [4.69, 9.17) is 9.47 Å². The monoisotopic (exact) mass is 441 g/mol. The number of nitrogens with one attached hydrogen (secondary N) is 1. The molecule has 0 aliphatic carbocycles. The highest BCUT2D eigenvalue weighted by Crippen LogP contribution is 2.31. The summed E-state index contributed by atoms with van der Waals surface area (Å²) in [5.74, 6) is -0.175. The Morgan fingerprint density at radius 3 is 2.71 bits per heavy atom. The fourth-order valence-corrected chi connectivity index (χ4v) is 5.04. The molecule has 3 aromatic rings. The van der Waals surface area contributed by atoms with Crippen molar-refractivity contribution < 1.29 is 22.7 Å². The number of pyridine rings is 1. The fraction of sp³-hybridized carbons (Fsp3) is 0.273. The van der Waals surface area contributed by atoms with E-state index < -0.39 is 15.9 Å². The summed E-state index contributed by atoms with van der Waals surface area (Å²) in [5.41, 5.74) is 0.611. The van der Waals surface area contributed by atoms with Crippen molar-refractivity contribution in [2.45, 2.75) is 11.8 Å². The van der Waals surface area contributed by atoms with Crippen molar-refractivity contribution in [3.8, 4) is 5.75 Å². The van der Waals surface area contributed by atoms with E-state index in [0.29, 0.717) is 25.5 Å². The van der Waals surface area contributed by atoms with Crippen LogP contribution in [0.5, 0.6) is 5.75 Å². The Balaban J connectivity index is 1.68. The second-order valence-corrected chi connectivity index (χ2v) is 8.85. The lowest BCUT2D eigenvalue weighted by Crippen LogP contribution is -2.40. The van der Waals surface area contributed by atoms with E-state index >= 15 is 0 Å². The highest BCUT2D eigenvalue weighted by atomic mass is 32.2. The van der Waals surface area contributed by atoms with E-state index in [1.165, 1.54) is 10.4 Å². The van der Waals surface area contributed by atoms with E-state index in [0.717, 1.165) is 10.8 Å². The minimum absolute atomic E-state index is 0.0138. The first kappa shape index (κ1) is 21.2. The number of hydrogen-bond donors (Lipinski definition) is 1. The molecule has 0 bridgehead atoms. The maximum Gasteiger partial charge on any atom is 0.274 e. The molecular weight excluding hydrogens is 418 g/mol. The zero-order valence-electron chi connectivity index (χ0n) is 17.1. The van der Waals surface area contributed by atoms with Crippen LogP contribution in [0.3, 0.4) is 0 Å². The molecule has 0 spiro atoms. The van der Waals surface area contributed by atoms with Crippen molar-refractivity contribution in [3.05, 3.63) is 60.4 Å². The maximum atomic E-state index is 13.2. The molecule has 2 aromatic carbocycles. The molecule has 1 aromatic heterocycles. The number of carbonyl (C=O) groups is 1. The molecule has 162 valence electrons. The van der Waals surface area contributed by atoms with Crippen LogP contribution < -0.4 is 10.1 Å². The second kappa shape index (κ2) is 9.01. The molecule has 0 radical (unpaired) electrons. The van der Waals surface area contributed by atoms with Crippen LogP contribution in [0, 0.1) is 0 Å². The molecule has 31 heavy (non-hydrogen) atoms. The summed E-state index contributed by atoms with van der Waals surface area (Å²) in [6.45, 7) is 3.32. The molecule has 4 rings (SSSR count). The minimum atomic E-state index is -3.81. The summed E-state index contributed by atoms with van der Waals surface area (Å²) in [6, 6.07) is 13.9. The molecule has 9 heteroatoms. The van der Waals surface area contributed by atoms with Gasteiger partial charge >= 0.3 is 0 Å². The highest BCUT2D eigenvalue weighted by molar-refractivity contribution is 7.89. The van der Waals surface area contributed by atoms with Gasteiger partial charge < -0.3 is 14.8 Å². The fourth-order valence-electron chi connectivity index (χ4n) is 3.48. The van der Waals surface area contributed by atoms with Crippen LogP contribution >= 0.6 is 0 Å². The Morgan fingerprint density at radius 2 is 1.94 bits per heavy atom. The summed E-state index contributed by atoms with van der Waals surface area (Å²) >= 11 is 0. The first-order valence-corrected chi connectivity index (χ1v) is 11.4. The lowest BCUT2D eigenvalue weighted by molar-refractivity contribution is 0.0729. The zero-order valence-corrected chi connectivity index (χ0v) is 17.9. The number of benzene rings is 2. The van der Waals surface area contributed by atoms with Gasteiger partial charge in [-0.15, -0.1) is 0 Å². The van der Waals surface area contributed by atoms with Crippen molar-refractivity contribution >= 4 is 32.4 Å². The Kier molecular flexibility index (Phi) is 6.17. The second-order valence-electron chi connectivity index (χ2n) is 6.95. The molecular formula is C22H23N3O5S. The number of ether oxygens (including phenoxy) is 2. The Labute approximate surface area is 180 Å². The van der Waals surface area contributed by atoms with Gasteiger partial charge in [0.15, 0.2) is 0 Å². The Bertz CT molecular complexity index is 1200. The van der Waals surface area contributed by atoms with Crippen molar-refractivity contribution in [1.82, 2.24) is 9.29 Å². The van der Waals surface area contributed by atoms with E-state index in [2.05, 4.69) is 10.3 Å². The molecule has 1 saturated heterocycles. The SMILES string of the molecule is CCOc1ccc(NC(=O)c2nccc3ccccc23)cc1S(=O)(=O)N1CCOCC1. The largest absolute Gasteiger partial charge is 0.492 e. The number of carbonyl (C=O) groups excluding carboxylic acids is 1. The van der Waals surface area contributed by atoms with Gasteiger partial charge in [0, 0.05) is 30.4 Å². The number of fused-ring (bicyclic) bond motifs is 1. The van der Waals surface area contributed by atoms with Gasteiger partial charge in [0.1, 0.15) is 16.3 Å². The summed E-state index contributed by atoms with van der Waals surface area (Å²) < 4.78 is 38.7. The first-order chi connectivity index (χ1) is 15.0. The summed E-state index contributed by atoms with van der Waals surface area (Å²) in [4.78, 5) is 17.2. The average Bonchev–Trinajstić information content (AvgIpc) is 2.80. The summed E-state index contributed by atoms with van der Waals surface area (Å²) in [5, 5.41) is 4.38. The van der Waals surface area contributed by atoms with Crippen LogP contribution in [0.15, 0.2) is 59.6 Å². The third-order valence-corrected chi connectivity index (χ3v) is 6.90. The van der Waals surface area contributed by atoms with Gasteiger partial charge in [-0.1, -0.05) is 24.3 Å². The van der Waals surface area contributed by atoms with Crippen LogP contribution in [-0.4, -0.2) is 56.5 Å². The smallest absolute Gasteiger partial charge is 0.274 e. The number of morpholine rings is 1. The molecule has 0 saturated carbocycles. The molecule has 1 amide bonds. The van der Waals surface area contributed by atoms with Gasteiger partial charge in [-0.2, -0.15) is 4.31 Å². The normalized spacial score (nSPS) is 15.0. The van der Waals surface area contributed by atoms with Gasteiger partial charge in [0.25, 0.3) is 5.91 Å². The van der Waals surface area contributed by atoms with Crippen LogP contribution in [0.4, 0.5) is 5.69 Å². The predicted molar refractivity (Wildman–Crippen MR) is 117 cm³/mol. The number of nitrogens with zero attached hydrogens (tertiary/aromatic N) is 2. The average molecular weight is 442 g/mol. The third-order valence-electron chi connectivity index (χ3n) is 4.98. The minimum Gasteiger partial charge on any atom is -0.492 e. The summed E-state index contributed by atoms with van der Waals surface area (Å²) in [7, 11) is -3.81. The number of rotatable bonds is 6. The van der Waals surface area contributed by atoms with Crippen molar-refractivity contribution in [1.29, 1.82) is 0 Å². The first-order valence-electron chi connectivity index (χ1n) is 10.0. The number of hydrogen-bond acceptors (Lipinski definition) is 6. The van der Waals surface area contributed by atoms with Crippen molar-refractivity contribution in [2.24, 2.45) is 0 Å². The molecule has 8 nitrogen and oxygen atoms in total. The van der Waals surface area contributed by atoms with E-state index in [1.54, 1.807) is 25.3 Å². The van der Waals surface area contributed by atoms with Gasteiger partial charge in [-0.05, 0) is 36.6 Å². The highest BCUT2D eigenvalue weighted by Gasteiger charge is 2.30. The van der Waals surface area contributed by atoms with Gasteiger partial charge in [0.2, 0.25) is 10.0 Å². The van der Waals surface area contributed by atoms with Crippen LogP contribution in [-0.2, 0) is 14.8 Å². The van der Waals surface area contributed by atoms with Crippen molar-refractivity contribution in [3.63, 3.8) is 0 Å². The lowest BCUT2D eigenvalue weighted by Gasteiger charge is -2.27. The Hall–Kier alpha value is -3.01. The van der Waals surface area contributed by atoms with Crippen molar-refractivity contribution in [2.75, 3.05) is 38.2 Å². The number of anilines is 1. The standard InChI is InChI=1S/C22H23N3O5S/c1-2-30-19-8-7-17(15-20(19)31(27,28)25-11-13-29-14-12-25)24-22(26)21-18-6-4-3-5-16(18)9-10-23-21/h3-10,15H,2,11-14H2,1H3,(H,24,26). The molecule has 1 N–H and O–H groups in total. The lowest BCUT2D eigenvalue weighted by atomic mass is 10.1.